The summed E-state index contributed by atoms with van der Waals surface area (Å²) in [4.78, 5) is 11.7. The maximum absolute atomic E-state index is 12.2. The fourth-order valence-corrected chi connectivity index (χ4v) is 3.25. The molecule has 0 fully saturated rings. The number of anilines is 1. The van der Waals surface area contributed by atoms with Crippen molar-refractivity contribution >= 4 is 21.3 Å². The zero-order valence-electron chi connectivity index (χ0n) is 12.6. The molecule has 0 aliphatic carbocycles. The molecule has 0 amide bonds. The van der Waals surface area contributed by atoms with Gasteiger partial charge in [0.1, 0.15) is 6.07 Å². The van der Waals surface area contributed by atoms with Gasteiger partial charge in [-0.05, 0) is 37.3 Å². The highest BCUT2D eigenvalue weighted by atomic mass is 32.2. The van der Waals surface area contributed by atoms with Crippen LogP contribution in [0.25, 0.3) is 0 Å². The van der Waals surface area contributed by atoms with Crippen LogP contribution in [0.3, 0.4) is 0 Å². The summed E-state index contributed by atoms with van der Waals surface area (Å²) < 4.78 is 24.4. The average Bonchev–Trinajstić information content (AvgIpc) is 2.55. The number of rotatable bonds is 6. The van der Waals surface area contributed by atoms with Gasteiger partial charge in [0.25, 0.3) is 0 Å². The number of nitrogens with zero attached hydrogens (tertiary/aromatic N) is 1. The molecule has 0 aliphatic rings. The molecule has 0 aromatic heterocycles. The molecular weight excluding hydrogens is 312 g/mol. The second-order valence-electron chi connectivity index (χ2n) is 4.99. The van der Waals surface area contributed by atoms with Gasteiger partial charge >= 0.3 is 0 Å². The molecule has 5 nitrogen and oxygen atoms in total. The van der Waals surface area contributed by atoms with Gasteiger partial charge in [-0.3, -0.25) is 4.79 Å². The third-order valence-corrected chi connectivity index (χ3v) is 5.07. The van der Waals surface area contributed by atoms with E-state index in [9.17, 15) is 13.2 Å². The number of nitrogens with one attached hydrogen (secondary N) is 1. The third-order valence-electron chi connectivity index (χ3n) is 3.34. The molecule has 0 heterocycles. The summed E-state index contributed by atoms with van der Waals surface area (Å²) >= 11 is 0. The van der Waals surface area contributed by atoms with Crippen LogP contribution < -0.4 is 5.32 Å². The van der Waals surface area contributed by atoms with E-state index in [-0.39, 0.29) is 23.0 Å². The first-order valence-electron chi connectivity index (χ1n) is 7.01. The van der Waals surface area contributed by atoms with Gasteiger partial charge < -0.3 is 5.32 Å². The van der Waals surface area contributed by atoms with Gasteiger partial charge in [0, 0.05) is 12.1 Å². The molecule has 0 spiro atoms. The number of hydrogen-bond donors (Lipinski definition) is 1. The van der Waals surface area contributed by atoms with Gasteiger partial charge in [0.05, 0.1) is 21.9 Å². The second-order valence-corrected chi connectivity index (χ2v) is 7.10. The summed E-state index contributed by atoms with van der Waals surface area (Å²) in [6.07, 6.45) is 0. The second kappa shape index (κ2) is 7.07. The van der Waals surface area contributed by atoms with E-state index in [1.807, 2.05) is 6.07 Å². The molecule has 0 radical (unpaired) electrons. The number of benzene rings is 2. The van der Waals surface area contributed by atoms with Crippen LogP contribution in [0, 0.1) is 11.3 Å². The van der Waals surface area contributed by atoms with E-state index in [0.717, 1.165) is 0 Å². The van der Waals surface area contributed by atoms with Gasteiger partial charge in [-0.2, -0.15) is 5.26 Å². The van der Waals surface area contributed by atoms with Crippen LogP contribution in [0.2, 0.25) is 0 Å². The lowest BCUT2D eigenvalue weighted by atomic mass is 10.1. The van der Waals surface area contributed by atoms with E-state index < -0.39 is 9.84 Å². The van der Waals surface area contributed by atoms with E-state index in [1.165, 1.54) is 6.92 Å². The Labute approximate surface area is 135 Å². The first-order valence-corrected chi connectivity index (χ1v) is 8.66. The van der Waals surface area contributed by atoms with Crippen LogP contribution in [-0.4, -0.2) is 26.5 Å². The van der Waals surface area contributed by atoms with Crippen molar-refractivity contribution in [1.29, 1.82) is 5.26 Å². The number of nitriles is 1. The predicted molar refractivity (Wildman–Crippen MR) is 88.1 cm³/mol. The topological polar surface area (TPSA) is 87.0 Å². The summed E-state index contributed by atoms with van der Waals surface area (Å²) in [6.45, 7) is 1.58. The summed E-state index contributed by atoms with van der Waals surface area (Å²) in [6, 6.07) is 14.9. The molecule has 23 heavy (non-hydrogen) atoms. The Hall–Kier alpha value is -2.65. The monoisotopic (exact) mass is 328 g/mol. The number of Topliss-reactive ketones (excluding diaryl/α,β-unsaturated/α-hetero) is 1. The number of carbonyl (C=O) groups excluding carboxylic acids is 1. The van der Waals surface area contributed by atoms with E-state index in [1.54, 1.807) is 48.5 Å². The van der Waals surface area contributed by atoms with Crippen molar-refractivity contribution in [2.75, 3.05) is 17.6 Å². The summed E-state index contributed by atoms with van der Waals surface area (Å²) in [5.41, 5.74) is 1.30. The Morgan fingerprint density at radius 3 is 2.48 bits per heavy atom. The Balaban J connectivity index is 2.11. The summed E-state index contributed by atoms with van der Waals surface area (Å²) in [5, 5.41) is 12.0. The first-order chi connectivity index (χ1) is 10.9. The SMILES string of the molecule is CC(=O)c1ccc(C#N)c(NCCS(=O)(=O)c2ccccc2)c1. The van der Waals surface area contributed by atoms with Crippen LogP contribution >= 0.6 is 0 Å². The Bertz CT molecular complexity index is 853. The molecule has 0 unspecified atom stereocenters. The van der Waals surface area contributed by atoms with Crippen molar-refractivity contribution in [2.24, 2.45) is 0 Å². The van der Waals surface area contributed by atoms with Gasteiger partial charge in [-0.15, -0.1) is 0 Å². The van der Waals surface area contributed by atoms with Gasteiger partial charge in [-0.1, -0.05) is 18.2 Å². The maximum atomic E-state index is 12.2. The Morgan fingerprint density at radius 2 is 1.87 bits per heavy atom. The van der Waals surface area contributed by atoms with Crippen LogP contribution in [-0.2, 0) is 9.84 Å². The maximum Gasteiger partial charge on any atom is 0.180 e. The van der Waals surface area contributed by atoms with Crippen molar-refractivity contribution in [1.82, 2.24) is 0 Å². The minimum Gasteiger partial charge on any atom is -0.383 e. The van der Waals surface area contributed by atoms with Crippen molar-refractivity contribution in [2.45, 2.75) is 11.8 Å². The molecule has 2 aromatic rings. The van der Waals surface area contributed by atoms with Crippen molar-refractivity contribution in [3.8, 4) is 6.07 Å². The van der Waals surface area contributed by atoms with E-state index in [2.05, 4.69) is 5.32 Å². The van der Waals surface area contributed by atoms with Crippen LogP contribution in [0.4, 0.5) is 5.69 Å². The molecule has 6 heteroatoms. The number of carbonyl (C=O) groups is 1. The molecule has 0 bridgehead atoms. The highest BCUT2D eigenvalue weighted by Gasteiger charge is 2.14. The van der Waals surface area contributed by atoms with Crippen LogP contribution in [0.15, 0.2) is 53.4 Å². The summed E-state index contributed by atoms with van der Waals surface area (Å²) in [5.74, 6) is -0.221. The molecule has 0 atom stereocenters. The van der Waals surface area contributed by atoms with E-state index in [4.69, 9.17) is 5.26 Å². The molecule has 0 saturated carbocycles. The molecule has 118 valence electrons. The summed E-state index contributed by atoms with van der Waals surface area (Å²) in [7, 11) is -3.39. The van der Waals surface area contributed by atoms with Gasteiger partial charge in [0.2, 0.25) is 0 Å². The lowest BCUT2D eigenvalue weighted by Crippen LogP contribution is -2.16. The minimum absolute atomic E-state index is 0.105. The van der Waals surface area contributed by atoms with Crippen LogP contribution in [0.5, 0.6) is 0 Å². The third kappa shape index (κ3) is 4.18. The smallest absolute Gasteiger partial charge is 0.180 e. The predicted octanol–water partition coefficient (Wildman–Crippen LogP) is 2.65. The zero-order chi connectivity index (χ0) is 16.9. The van der Waals surface area contributed by atoms with Gasteiger partial charge in [-0.25, -0.2) is 8.42 Å². The standard InChI is InChI=1S/C17H16N2O3S/c1-13(20)14-7-8-15(12-18)17(11-14)19-9-10-23(21,22)16-5-3-2-4-6-16/h2-8,11,19H,9-10H2,1H3. The number of sulfone groups is 1. The quantitative estimate of drug-likeness (QED) is 0.824. The highest BCUT2D eigenvalue weighted by molar-refractivity contribution is 7.91. The van der Waals surface area contributed by atoms with Crippen molar-refractivity contribution < 1.29 is 13.2 Å². The average molecular weight is 328 g/mol. The molecule has 0 aliphatic heterocycles. The minimum atomic E-state index is -3.39. The molecule has 2 rings (SSSR count). The fraction of sp³-hybridized carbons (Fsp3) is 0.176. The Morgan fingerprint density at radius 1 is 1.17 bits per heavy atom. The number of hydrogen-bond acceptors (Lipinski definition) is 5. The zero-order valence-corrected chi connectivity index (χ0v) is 13.4. The van der Waals surface area contributed by atoms with E-state index >= 15 is 0 Å². The molecular formula is C17H16N2O3S. The highest BCUT2D eigenvalue weighted by Crippen LogP contribution is 2.18. The van der Waals surface area contributed by atoms with Gasteiger partial charge in [0.15, 0.2) is 15.6 Å². The van der Waals surface area contributed by atoms with Crippen LogP contribution in [0.1, 0.15) is 22.8 Å². The first kappa shape index (κ1) is 16.7. The number of ketones is 1. The normalized spacial score (nSPS) is 10.8. The largest absolute Gasteiger partial charge is 0.383 e. The molecule has 2 aromatic carbocycles. The van der Waals surface area contributed by atoms with Crippen molar-refractivity contribution in [3.05, 3.63) is 59.7 Å². The Kier molecular flexibility index (Phi) is 5.14. The lowest BCUT2D eigenvalue weighted by Gasteiger charge is -2.10. The molecule has 0 saturated heterocycles. The fourth-order valence-electron chi connectivity index (χ4n) is 2.07. The van der Waals surface area contributed by atoms with Crippen molar-refractivity contribution in [3.63, 3.8) is 0 Å². The van der Waals surface area contributed by atoms with E-state index in [0.29, 0.717) is 16.8 Å². The molecule has 1 N–H and O–H groups in total. The lowest BCUT2D eigenvalue weighted by molar-refractivity contribution is 0.101.